The number of rotatable bonds is 9. The van der Waals surface area contributed by atoms with Crippen LogP contribution in [-0.2, 0) is 16.1 Å². The zero-order chi connectivity index (χ0) is 32.9. The first-order chi connectivity index (χ1) is 22.9. The average Bonchev–Trinajstić information content (AvgIpc) is 3.41. The van der Waals surface area contributed by atoms with Crippen LogP contribution in [0.1, 0.15) is 40.8 Å². The third-order valence-electron chi connectivity index (χ3n) is 7.52. The number of aromatic nitrogens is 1. The van der Waals surface area contributed by atoms with Gasteiger partial charge in [-0.15, -0.1) is 0 Å². The van der Waals surface area contributed by atoms with Crippen molar-refractivity contribution in [2.75, 3.05) is 13.7 Å². The minimum atomic E-state index is -0.843. The number of carbonyl (C=O) groups excluding carboxylic acids is 1. The molecule has 0 aliphatic carbocycles. The summed E-state index contributed by atoms with van der Waals surface area (Å²) in [5.74, 6) is 0.533. The van der Waals surface area contributed by atoms with Gasteiger partial charge in [-0.3, -0.25) is 9.36 Å². The summed E-state index contributed by atoms with van der Waals surface area (Å²) in [7, 11) is 1.56. The monoisotopic (exact) mass is 661 g/mol. The topological polar surface area (TPSA) is 103 Å². The summed E-state index contributed by atoms with van der Waals surface area (Å²) < 4.78 is 19.1. The summed E-state index contributed by atoms with van der Waals surface area (Å²) in [5, 5.41) is 9.58. The third-order valence-corrected chi connectivity index (χ3v) is 8.74. The van der Waals surface area contributed by atoms with Gasteiger partial charge in [0, 0.05) is 16.1 Å². The largest absolute Gasteiger partial charge is 0.497 e. The van der Waals surface area contributed by atoms with Crippen molar-refractivity contribution >= 4 is 40.7 Å². The molecule has 1 aromatic heterocycles. The van der Waals surface area contributed by atoms with E-state index in [1.165, 1.54) is 15.9 Å². The van der Waals surface area contributed by atoms with Crippen LogP contribution in [0.5, 0.6) is 11.5 Å². The number of ether oxygens (including phenoxy) is 3. The minimum Gasteiger partial charge on any atom is -0.497 e. The molecule has 0 spiro atoms. The quantitative estimate of drug-likeness (QED) is 0.178. The van der Waals surface area contributed by atoms with Crippen LogP contribution in [0.15, 0.2) is 112 Å². The Hall–Kier alpha value is -5.43. The lowest BCUT2D eigenvalue weighted by atomic mass is 9.93. The molecule has 0 N–H and O–H groups in total. The highest BCUT2D eigenvalue weighted by Crippen LogP contribution is 2.36. The molecule has 6 rings (SSSR count). The van der Waals surface area contributed by atoms with E-state index in [-0.39, 0.29) is 24.3 Å². The van der Waals surface area contributed by atoms with Gasteiger partial charge in [-0.25, -0.2) is 9.79 Å². The Morgan fingerprint density at radius 2 is 1.83 bits per heavy atom. The first-order valence-corrected chi connectivity index (χ1v) is 15.9. The second-order valence-electron chi connectivity index (χ2n) is 10.5. The van der Waals surface area contributed by atoms with Crippen LogP contribution >= 0.6 is 22.9 Å². The maximum Gasteiger partial charge on any atom is 0.338 e. The number of halogens is 1. The van der Waals surface area contributed by atoms with E-state index >= 15 is 0 Å². The van der Waals surface area contributed by atoms with E-state index in [0.29, 0.717) is 48.2 Å². The Balaban J connectivity index is 1.53. The Morgan fingerprint density at radius 1 is 1.04 bits per heavy atom. The van der Waals surface area contributed by atoms with Crippen LogP contribution in [0.4, 0.5) is 0 Å². The summed E-state index contributed by atoms with van der Waals surface area (Å²) in [6.07, 6.45) is 1.72. The highest BCUT2D eigenvalue weighted by atomic mass is 35.5. The van der Waals surface area contributed by atoms with E-state index in [1.807, 2.05) is 54.6 Å². The molecule has 4 aromatic carbocycles. The maximum atomic E-state index is 14.3. The fraction of sp³-hybridized carbons (Fsp3) is 0.135. The third kappa shape index (κ3) is 6.61. The number of methoxy groups -OCH3 is 1. The van der Waals surface area contributed by atoms with Gasteiger partial charge < -0.3 is 14.2 Å². The smallest absolute Gasteiger partial charge is 0.338 e. The zero-order valence-corrected chi connectivity index (χ0v) is 27.0. The van der Waals surface area contributed by atoms with E-state index < -0.39 is 12.0 Å². The van der Waals surface area contributed by atoms with Crippen LogP contribution < -0.4 is 24.4 Å². The number of nitrogens with zero attached hydrogens (tertiary/aromatic N) is 3. The summed E-state index contributed by atoms with van der Waals surface area (Å²) in [6, 6.07) is 30.2. The fourth-order valence-corrected chi connectivity index (χ4v) is 6.48. The molecule has 1 aliphatic heterocycles. The number of carbonyl (C=O) groups is 1. The molecule has 0 amide bonds. The fourth-order valence-electron chi connectivity index (χ4n) is 5.31. The molecular formula is C37H28ClN3O5S. The van der Waals surface area contributed by atoms with Crippen LogP contribution in [0, 0.1) is 11.3 Å². The first-order valence-electron chi connectivity index (χ1n) is 14.7. The van der Waals surface area contributed by atoms with E-state index in [9.17, 15) is 9.59 Å². The van der Waals surface area contributed by atoms with Gasteiger partial charge in [0.15, 0.2) is 4.80 Å². The lowest BCUT2D eigenvalue weighted by Crippen LogP contribution is -2.40. The Morgan fingerprint density at radius 3 is 2.55 bits per heavy atom. The van der Waals surface area contributed by atoms with Crippen LogP contribution in [0.3, 0.4) is 0 Å². The highest BCUT2D eigenvalue weighted by Gasteiger charge is 2.35. The molecule has 0 fully saturated rings. The Kier molecular flexibility index (Phi) is 9.34. The van der Waals surface area contributed by atoms with Gasteiger partial charge in [-0.1, -0.05) is 77.5 Å². The molecule has 0 bridgehead atoms. The van der Waals surface area contributed by atoms with Crippen molar-refractivity contribution in [1.29, 1.82) is 5.26 Å². The van der Waals surface area contributed by atoms with Crippen LogP contribution in [0.25, 0.3) is 11.8 Å². The molecule has 0 unspecified atom stereocenters. The van der Waals surface area contributed by atoms with Crippen molar-refractivity contribution in [3.63, 3.8) is 0 Å². The van der Waals surface area contributed by atoms with Crippen LogP contribution in [-0.4, -0.2) is 24.3 Å². The first kappa shape index (κ1) is 31.5. The summed E-state index contributed by atoms with van der Waals surface area (Å²) in [4.78, 5) is 33.4. The molecule has 1 aliphatic rings. The van der Waals surface area contributed by atoms with Crippen molar-refractivity contribution in [3.8, 4) is 17.6 Å². The predicted octanol–water partition coefficient (Wildman–Crippen LogP) is 6.05. The molecule has 1 atom stereocenters. The Bertz CT molecular complexity index is 2220. The normalized spacial score (nSPS) is 14.2. The molecule has 2 heterocycles. The predicted molar refractivity (Wildman–Crippen MR) is 181 cm³/mol. The number of nitriles is 1. The number of hydrogen-bond donors (Lipinski definition) is 0. The molecule has 0 radical (unpaired) electrons. The van der Waals surface area contributed by atoms with Crippen LogP contribution in [0.2, 0.25) is 5.02 Å². The summed E-state index contributed by atoms with van der Waals surface area (Å²) in [5.41, 5.74) is 3.76. The molecular weight excluding hydrogens is 634 g/mol. The average molecular weight is 662 g/mol. The van der Waals surface area contributed by atoms with Gasteiger partial charge in [-0.05, 0) is 66.6 Å². The Labute approximate surface area is 279 Å². The van der Waals surface area contributed by atoms with Crippen molar-refractivity contribution < 1.29 is 19.0 Å². The van der Waals surface area contributed by atoms with Crippen molar-refractivity contribution in [1.82, 2.24) is 4.57 Å². The second-order valence-corrected chi connectivity index (χ2v) is 11.9. The highest BCUT2D eigenvalue weighted by molar-refractivity contribution is 7.07. The molecule has 0 saturated carbocycles. The lowest BCUT2D eigenvalue weighted by Gasteiger charge is -2.26. The number of esters is 1. The van der Waals surface area contributed by atoms with E-state index in [0.717, 1.165) is 11.1 Å². The molecule has 47 heavy (non-hydrogen) atoms. The van der Waals surface area contributed by atoms with Crippen molar-refractivity contribution in [2.45, 2.75) is 19.6 Å². The van der Waals surface area contributed by atoms with E-state index in [4.69, 9.17) is 36.1 Å². The van der Waals surface area contributed by atoms with Gasteiger partial charge in [-0.2, -0.15) is 5.26 Å². The minimum absolute atomic E-state index is 0.152. The SMILES string of the molecule is CCOC(=O)C1=C(c2ccccc2)N=c2s/c(=C\c3cc(Cl)ccc3OCc3ccc(C#N)cc3)c(=O)n2[C@@H]1c1cccc(OC)c1. The van der Waals surface area contributed by atoms with Gasteiger partial charge in [0.1, 0.15) is 18.1 Å². The van der Waals surface area contributed by atoms with E-state index in [1.54, 1.807) is 62.6 Å². The van der Waals surface area contributed by atoms with Gasteiger partial charge >= 0.3 is 5.97 Å². The molecule has 10 heteroatoms. The lowest BCUT2D eigenvalue weighted by molar-refractivity contribution is -0.138. The maximum absolute atomic E-state index is 14.3. The van der Waals surface area contributed by atoms with Gasteiger partial charge in [0.05, 0.1) is 47.2 Å². The molecule has 0 saturated heterocycles. The summed E-state index contributed by atoms with van der Waals surface area (Å²) >= 11 is 7.61. The van der Waals surface area contributed by atoms with E-state index in [2.05, 4.69) is 6.07 Å². The standard InChI is InChI=1S/C37H28ClN3O5S/c1-3-45-36(43)32-33(25-8-5-4-6-9-25)40-37-41(34(32)26-10-7-11-29(19-26)44-2)35(42)31(47-37)20-27-18-28(38)16-17-30(27)46-22-24-14-12-23(21-39)13-15-24/h4-20,34H,3,22H2,1-2H3/b31-20-/t34-/m1/s1. The summed E-state index contributed by atoms with van der Waals surface area (Å²) in [6.45, 7) is 2.14. The molecule has 234 valence electrons. The number of fused-ring (bicyclic) bond motifs is 1. The molecule has 5 aromatic rings. The molecule has 8 nitrogen and oxygen atoms in total. The number of thiazole rings is 1. The zero-order valence-electron chi connectivity index (χ0n) is 25.5. The van der Waals surface area contributed by atoms with Crippen molar-refractivity contribution in [3.05, 3.63) is 155 Å². The number of benzene rings is 4. The van der Waals surface area contributed by atoms with Gasteiger partial charge in [0.25, 0.3) is 5.56 Å². The van der Waals surface area contributed by atoms with Crippen molar-refractivity contribution in [2.24, 2.45) is 4.99 Å². The van der Waals surface area contributed by atoms with Gasteiger partial charge in [0.2, 0.25) is 0 Å². The number of hydrogen-bond acceptors (Lipinski definition) is 8. The second kappa shape index (κ2) is 13.9.